The highest BCUT2D eigenvalue weighted by molar-refractivity contribution is 5.82. The van der Waals surface area contributed by atoms with Crippen LogP contribution in [-0.2, 0) is 0 Å². The van der Waals surface area contributed by atoms with Crippen molar-refractivity contribution in [3.8, 4) is 0 Å². The van der Waals surface area contributed by atoms with E-state index in [1.165, 1.54) is 30.2 Å². The minimum absolute atomic E-state index is 0.701. The fourth-order valence-electron chi connectivity index (χ4n) is 4.00. The van der Waals surface area contributed by atoms with E-state index < -0.39 is 0 Å². The van der Waals surface area contributed by atoms with E-state index in [2.05, 4.69) is 56.1 Å². The predicted octanol–water partition coefficient (Wildman–Crippen LogP) is 5.41. The summed E-state index contributed by atoms with van der Waals surface area (Å²) in [5, 5.41) is 1.36. The number of hydrogen-bond acceptors (Lipinski definition) is 1. The maximum Gasteiger partial charge on any atom is 0.0704 e. The molecule has 3 rings (SSSR count). The maximum atomic E-state index is 4.53. The SMILES string of the molecule is CC(C)[C@@H]1CC[C@@H](C)C[C@H]1c1ccnc2ccccc12. The number of pyridine rings is 1. The molecule has 0 bridgehead atoms. The summed E-state index contributed by atoms with van der Waals surface area (Å²) in [5.41, 5.74) is 2.67. The summed E-state index contributed by atoms with van der Waals surface area (Å²) in [7, 11) is 0. The second-order valence-electron chi connectivity index (χ2n) is 6.85. The van der Waals surface area contributed by atoms with Gasteiger partial charge in [-0.25, -0.2) is 0 Å². The summed E-state index contributed by atoms with van der Waals surface area (Å²) in [6.45, 7) is 7.18. The Balaban J connectivity index is 2.07. The number of benzene rings is 1. The van der Waals surface area contributed by atoms with Gasteiger partial charge in [0, 0.05) is 11.6 Å². The molecule has 3 atom stereocenters. The molecule has 1 aliphatic rings. The molecule has 1 saturated carbocycles. The molecule has 1 aromatic carbocycles. The standard InChI is InChI=1S/C19H25N/c1-13(2)15-9-8-14(3)12-18(15)16-10-11-20-19-7-5-4-6-17(16)19/h4-7,10-11,13-15,18H,8-9,12H2,1-3H3/t14-,15+,18-/m1/s1. The largest absolute Gasteiger partial charge is 0.256 e. The third kappa shape index (κ3) is 2.46. The molecule has 0 spiro atoms. The first-order chi connectivity index (χ1) is 9.66. The average molecular weight is 267 g/mol. The van der Waals surface area contributed by atoms with Crippen molar-refractivity contribution in [1.29, 1.82) is 0 Å². The first-order valence-corrected chi connectivity index (χ1v) is 8.00. The van der Waals surface area contributed by atoms with E-state index >= 15 is 0 Å². The Morgan fingerprint density at radius 2 is 1.90 bits per heavy atom. The van der Waals surface area contributed by atoms with Crippen molar-refractivity contribution in [2.24, 2.45) is 17.8 Å². The number of aromatic nitrogens is 1. The number of nitrogens with zero attached hydrogens (tertiary/aromatic N) is 1. The molecule has 0 N–H and O–H groups in total. The normalized spacial score (nSPS) is 27.1. The molecule has 1 heteroatoms. The van der Waals surface area contributed by atoms with Gasteiger partial charge in [0.25, 0.3) is 0 Å². The number of hydrogen-bond donors (Lipinski definition) is 0. The Bertz CT molecular complexity index is 582. The average Bonchev–Trinajstić information content (AvgIpc) is 2.46. The van der Waals surface area contributed by atoms with Gasteiger partial charge in [-0.3, -0.25) is 4.98 Å². The van der Waals surface area contributed by atoms with Gasteiger partial charge in [-0.1, -0.05) is 45.4 Å². The zero-order chi connectivity index (χ0) is 14.1. The van der Waals surface area contributed by atoms with Crippen LogP contribution in [0.4, 0.5) is 0 Å². The molecular weight excluding hydrogens is 242 g/mol. The van der Waals surface area contributed by atoms with E-state index in [0.717, 1.165) is 23.3 Å². The molecule has 0 saturated heterocycles. The molecule has 20 heavy (non-hydrogen) atoms. The summed E-state index contributed by atoms with van der Waals surface area (Å²) in [6, 6.07) is 10.9. The van der Waals surface area contributed by atoms with Gasteiger partial charge in [-0.05, 0) is 54.2 Å². The summed E-state index contributed by atoms with van der Waals surface area (Å²) < 4.78 is 0. The number of fused-ring (bicyclic) bond motifs is 1. The van der Waals surface area contributed by atoms with E-state index in [0.29, 0.717) is 5.92 Å². The van der Waals surface area contributed by atoms with Crippen LogP contribution in [0.2, 0.25) is 0 Å². The Kier molecular flexibility index (Phi) is 3.78. The van der Waals surface area contributed by atoms with Crippen molar-refractivity contribution in [3.63, 3.8) is 0 Å². The summed E-state index contributed by atoms with van der Waals surface area (Å²) in [6.07, 6.45) is 6.09. The quantitative estimate of drug-likeness (QED) is 0.709. The van der Waals surface area contributed by atoms with Crippen LogP contribution < -0.4 is 0 Å². The van der Waals surface area contributed by atoms with Crippen LogP contribution in [0.15, 0.2) is 36.5 Å². The molecule has 1 fully saturated rings. The van der Waals surface area contributed by atoms with E-state index in [9.17, 15) is 0 Å². The van der Waals surface area contributed by atoms with Crippen LogP contribution in [0.3, 0.4) is 0 Å². The minimum Gasteiger partial charge on any atom is -0.256 e. The van der Waals surface area contributed by atoms with E-state index in [1.54, 1.807) is 0 Å². The van der Waals surface area contributed by atoms with Gasteiger partial charge in [0.15, 0.2) is 0 Å². The van der Waals surface area contributed by atoms with Crippen molar-refractivity contribution in [2.45, 2.75) is 46.0 Å². The molecule has 0 aliphatic heterocycles. The molecule has 0 amide bonds. The third-order valence-electron chi connectivity index (χ3n) is 5.10. The van der Waals surface area contributed by atoms with Gasteiger partial charge < -0.3 is 0 Å². The minimum atomic E-state index is 0.701. The lowest BCUT2D eigenvalue weighted by Gasteiger charge is -2.38. The highest BCUT2D eigenvalue weighted by atomic mass is 14.6. The van der Waals surface area contributed by atoms with E-state index in [1.807, 2.05) is 6.20 Å². The van der Waals surface area contributed by atoms with Crippen LogP contribution in [-0.4, -0.2) is 4.98 Å². The van der Waals surface area contributed by atoms with Gasteiger partial charge in [-0.2, -0.15) is 0 Å². The molecular formula is C19H25N. The van der Waals surface area contributed by atoms with Crippen LogP contribution in [0.25, 0.3) is 10.9 Å². The molecule has 106 valence electrons. The van der Waals surface area contributed by atoms with Gasteiger partial charge in [0.1, 0.15) is 0 Å². The zero-order valence-corrected chi connectivity index (χ0v) is 12.8. The Labute approximate surface area is 122 Å². The molecule has 1 aliphatic carbocycles. The van der Waals surface area contributed by atoms with Crippen LogP contribution in [0.1, 0.15) is 51.5 Å². The lowest BCUT2D eigenvalue weighted by atomic mass is 9.67. The van der Waals surface area contributed by atoms with Crippen LogP contribution in [0, 0.1) is 17.8 Å². The highest BCUT2D eigenvalue weighted by Crippen LogP contribution is 2.45. The topological polar surface area (TPSA) is 12.9 Å². The van der Waals surface area contributed by atoms with Crippen LogP contribution in [0.5, 0.6) is 0 Å². The molecule has 2 aromatic rings. The lowest BCUT2D eigenvalue weighted by molar-refractivity contribution is 0.198. The van der Waals surface area contributed by atoms with Crippen molar-refractivity contribution in [2.75, 3.05) is 0 Å². The molecule has 1 aromatic heterocycles. The third-order valence-corrected chi connectivity index (χ3v) is 5.10. The van der Waals surface area contributed by atoms with E-state index in [4.69, 9.17) is 0 Å². The molecule has 0 radical (unpaired) electrons. The second-order valence-corrected chi connectivity index (χ2v) is 6.85. The van der Waals surface area contributed by atoms with Crippen molar-refractivity contribution in [1.82, 2.24) is 4.98 Å². The van der Waals surface area contributed by atoms with Gasteiger partial charge in [0.2, 0.25) is 0 Å². The Morgan fingerprint density at radius 1 is 1.10 bits per heavy atom. The highest BCUT2D eigenvalue weighted by Gasteiger charge is 2.32. The summed E-state index contributed by atoms with van der Waals surface area (Å²) in [4.78, 5) is 4.53. The molecule has 1 heterocycles. The first kappa shape index (κ1) is 13.6. The Morgan fingerprint density at radius 3 is 2.70 bits per heavy atom. The molecule has 1 nitrogen and oxygen atoms in total. The van der Waals surface area contributed by atoms with Gasteiger partial charge in [0.05, 0.1) is 5.52 Å². The fourth-order valence-corrected chi connectivity index (χ4v) is 4.00. The number of para-hydroxylation sites is 1. The Hall–Kier alpha value is -1.37. The van der Waals surface area contributed by atoms with Crippen LogP contribution >= 0.6 is 0 Å². The molecule has 0 unspecified atom stereocenters. The zero-order valence-electron chi connectivity index (χ0n) is 12.8. The van der Waals surface area contributed by atoms with Gasteiger partial charge >= 0.3 is 0 Å². The first-order valence-electron chi connectivity index (χ1n) is 8.00. The smallest absolute Gasteiger partial charge is 0.0704 e. The summed E-state index contributed by atoms with van der Waals surface area (Å²) >= 11 is 0. The van der Waals surface area contributed by atoms with E-state index in [-0.39, 0.29) is 0 Å². The van der Waals surface area contributed by atoms with Crippen molar-refractivity contribution < 1.29 is 0 Å². The summed E-state index contributed by atoms with van der Waals surface area (Å²) in [5.74, 6) is 3.13. The lowest BCUT2D eigenvalue weighted by Crippen LogP contribution is -2.26. The maximum absolute atomic E-state index is 4.53. The van der Waals surface area contributed by atoms with Crippen molar-refractivity contribution >= 4 is 10.9 Å². The van der Waals surface area contributed by atoms with Crippen molar-refractivity contribution in [3.05, 3.63) is 42.1 Å². The predicted molar refractivity (Wildman–Crippen MR) is 85.8 cm³/mol. The van der Waals surface area contributed by atoms with Gasteiger partial charge in [-0.15, -0.1) is 0 Å². The number of rotatable bonds is 2. The second kappa shape index (κ2) is 5.55. The monoisotopic (exact) mass is 267 g/mol. The fraction of sp³-hybridized carbons (Fsp3) is 0.526.